The lowest BCUT2D eigenvalue weighted by atomic mass is 10.1. The number of furan rings is 1. The Balaban J connectivity index is 1.76. The van der Waals surface area contributed by atoms with Gasteiger partial charge in [0.25, 0.3) is 11.5 Å². The molecule has 1 aromatic carbocycles. The number of fused-ring (bicyclic) bond motifs is 1. The topological polar surface area (TPSA) is 80.0 Å². The van der Waals surface area contributed by atoms with Crippen molar-refractivity contribution in [3.8, 4) is 0 Å². The zero-order valence-electron chi connectivity index (χ0n) is 14.7. The smallest absolute Gasteiger partial charge is 0.262 e. The van der Waals surface area contributed by atoms with Crippen LogP contribution in [0.3, 0.4) is 0 Å². The first kappa shape index (κ1) is 18.1. The van der Waals surface area contributed by atoms with Gasteiger partial charge in [-0.2, -0.15) is 0 Å². The number of nitrogens with zero attached hydrogens (tertiary/aromatic N) is 1. The molecule has 2 heterocycles. The quantitative estimate of drug-likeness (QED) is 0.651. The van der Waals surface area contributed by atoms with Gasteiger partial charge in [-0.1, -0.05) is 0 Å². The van der Waals surface area contributed by atoms with Crippen LogP contribution in [0.4, 0.5) is 0 Å². The standard InChI is InChI=1S/C19H21N3O3S/c1-3-22-18(24)15-9-7-13(11-16(15)21-19(22)26)17(23)20-12(2)6-8-14-5-4-10-25-14/h4-5,7,9-12H,3,6,8H2,1-2H3,(H,20,23)(H,21,26). The average Bonchev–Trinajstić information content (AvgIpc) is 3.13. The summed E-state index contributed by atoms with van der Waals surface area (Å²) in [5.74, 6) is 0.717. The normalized spacial score (nSPS) is 12.2. The van der Waals surface area contributed by atoms with Crippen molar-refractivity contribution in [2.24, 2.45) is 0 Å². The van der Waals surface area contributed by atoms with Crippen molar-refractivity contribution in [3.05, 3.63) is 63.0 Å². The number of aromatic nitrogens is 2. The molecule has 136 valence electrons. The second-order valence-corrected chi connectivity index (χ2v) is 6.62. The molecule has 1 atom stereocenters. The molecule has 0 radical (unpaired) electrons. The van der Waals surface area contributed by atoms with E-state index in [1.807, 2.05) is 26.0 Å². The van der Waals surface area contributed by atoms with Crippen molar-refractivity contribution in [2.45, 2.75) is 39.3 Å². The van der Waals surface area contributed by atoms with Gasteiger partial charge in [-0.15, -0.1) is 0 Å². The van der Waals surface area contributed by atoms with E-state index in [1.165, 1.54) is 4.57 Å². The number of benzene rings is 1. The number of hydrogen-bond acceptors (Lipinski definition) is 4. The van der Waals surface area contributed by atoms with E-state index in [2.05, 4.69) is 10.3 Å². The lowest BCUT2D eigenvalue weighted by Crippen LogP contribution is -2.33. The maximum atomic E-state index is 12.5. The van der Waals surface area contributed by atoms with Crippen LogP contribution in [0.25, 0.3) is 10.9 Å². The van der Waals surface area contributed by atoms with Crippen LogP contribution in [-0.4, -0.2) is 21.5 Å². The number of rotatable bonds is 6. The lowest BCUT2D eigenvalue weighted by molar-refractivity contribution is 0.0938. The third kappa shape index (κ3) is 3.77. The number of hydrogen-bond donors (Lipinski definition) is 2. The summed E-state index contributed by atoms with van der Waals surface area (Å²) in [5, 5.41) is 3.49. The highest BCUT2D eigenvalue weighted by atomic mass is 32.1. The predicted octanol–water partition coefficient (Wildman–Crippen LogP) is 3.42. The Morgan fingerprint density at radius 2 is 2.19 bits per heavy atom. The predicted molar refractivity (Wildman–Crippen MR) is 103 cm³/mol. The minimum absolute atomic E-state index is 0.00474. The fourth-order valence-corrected chi connectivity index (χ4v) is 3.20. The summed E-state index contributed by atoms with van der Waals surface area (Å²) in [6.07, 6.45) is 3.18. The molecule has 7 heteroatoms. The van der Waals surface area contributed by atoms with Crippen LogP contribution < -0.4 is 10.9 Å². The number of aryl methyl sites for hydroxylation is 1. The van der Waals surface area contributed by atoms with Crippen LogP contribution in [-0.2, 0) is 13.0 Å². The van der Waals surface area contributed by atoms with E-state index in [0.717, 1.165) is 18.6 Å². The van der Waals surface area contributed by atoms with E-state index in [1.54, 1.807) is 24.5 Å². The minimum atomic E-state index is -0.183. The number of carbonyl (C=O) groups excluding carboxylic acids is 1. The highest BCUT2D eigenvalue weighted by Gasteiger charge is 2.13. The third-order valence-corrected chi connectivity index (χ3v) is 4.66. The van der Waals surface area contributed by atoms with Gasteiger partial charge in [-0.3, -0.25) is 14.2 Å². The molecule has 3 aromatic rings. The minimum Gasteiger partial charge on any atom is -0.469 e. The summed E-state index contributed by atoms with van der Waals surface area (Å²) < 4.78 is 7.15. The number of nitrogens with one attached hydrogen (secondary N) is 2. The number of aromatic amines is 1. The summed E-state index contributed by atoms with van der Waals surface area (Å²) in [4.78, 5) is 27.9. The molecule has 0 aliphatic carbocycles. The van der Waals surface area contributed by atoms with Crippen LogP contribution >= 0.6 is 12.2 Å². The summed E-state index contributed by atoms with van der Waals surface area (Å²) in [5.41, 5.74) is 0.909. The molecule has 1 unspecified atom stereocenters. The number of carbonyl (C=O) groups is 1. The maximum absolute atomic E-state index is 12.5. The van der Waals surface area contributed by atoms with Gasteiger partial charge in [0.05, 0.1) is 17.2 Å². The Bertz CT molecular complexity index is 1030. The molecule has 0 saturated carbocycles. The summed E-state index contributed by atoms with van der Waals surface area (Å²) in [6, 6.07) is 8.76. The highest BCUT2D eigenvalue weighted by Crippen LogP contribution is 2.12. The van der Waals surface area contributed by atoms with Gasteiger partial charge in [-0.25, -0.2) is 0 Å². The van der Waals surface area contributed by atoms with Crippen molar-refractivity contribution in [1.29, 1.82) is 0 Å². The summed E-state index contributed by atoms with van der Waals surface area (Å²) >= 11 is 5.22. The largest absolute Gasteiger partial charge is 0.469 e. The fraction of sp³-hybridized carbons (Fsp3) is 0.316. The molecule has 0 spiro atoms. The van der Waals surface area contributed by atoms with Crippen molar-refractivity contribution >= 4 is 29.0 Å². The SMILES string of the molecule is CCn1c(=S)[nH]c2cc(C(=O)NC(C)CCc3ccco3)ccc2c1=O. The van der Waals surface area contributed by atoms with Crippen LogP contribution in [0.15, 0.2) is 45.8 Å². The molecule has 0 aliphatic rings. The van der Waals surface area contributed by atoms with E-state index in [9.17, 15) is 9.59 Å². The first-order valence-electron chi connectivity index (χ1n) is 8.59. The zero-order chi connectivity index (χ0) is 18.7. The molecule has 6 nitrogen and oxygen atoms in total. The van der Waals surface area contributed by atoms with Gasteiger partial charge >= 0.3 is 0 Å². The Morgan fingerprint density at radius 1 is 1.38 bits per heavy atom. The van der Waals surface area contributed by atoms with Crippen LogP contribution in [0, 0.1) is 4.77 Å². The van der Waals surface area contributed by atoms with E-state index in [0.29, 0.717) is 27.8 Å². The van der Waals surface area contributed by atoms with Gasteiger partial charge in [0.15, 0.2) is 4.77 Å². The lowest BCUT2D eigenvalue weighted by Gasteiger charge is -2.13. The van der Waals surface area contributed by atoms with Gasteiger partial charge in [0.2, 0.25) is 0 Å². The summed E-state index contributed by atoms with van der Waals surface area (Å²) in [7, 11) is 0. The van der Waals surface area contributed by atoms with Crippen LogP contribution in [0.1, 0.15) is 36.4 Å². The first-order valence-corrected chi connectivity index (χ1v) is 9.00. The van der Waals surface area contributed by atoms with Gasteiger partial charge in [-0.05, 0) is 62.8 Å². The van der Waals surface area contributed by atoms with Gasteiger partial charge in [0, 0.05) is 24.6 Å². The molecular formula is C19H21N3O3S. The molecule has 0 fully saturated rings. The van der Waals surface area contributed by atoms with Crippen molar-refractivity contribution in [3.63, 3.8) is 0 Å². The molecular weight excluding hydrogens is 350 g/mol. The fourth-order valence-electron chi connectivity index (χ4n) is 2.88. The Labute approximate surface area is 155 Å². The third-order valence-electron chi connectivity index (χ3n) is 4.34. The Morgan fingerprint density at radius 3 is 2.88 bits per heavy atom. The monoisotopic (exact) mass is 371 g/mol. The Hall–Kier alpha value is -2.67. The highest BCUT2D eigenvalue weighted by molar-refractivity contribution is 7.71. The van der Waals surface area contributed by atoms with Gasteiger partial charge < -0.3 is 14.7 Å². The van der Waals surface area contributed by atoms with Crippen molar-refractivity contribution < 1.29 is 9.21 Å². The molecule has 3 rings (SSSR count). The Kier molecular flexibility index (Phi) is 5.37. The van der Waals surface area contributed by atoms with Crippen LogP contribution in [0.5, 0.6) is 0 Å². The zero-order valence-corrected chi connectivity index (χ0v) is 15.6. The van der Waals surface area contributed by atoms with E-state index >= 15 is 0 Å². The number of H-pyrrole nitrogens is 1. The van der Waals surface area contributed by atoms with E-state index in [4.69, 9.17) is 16.6 Å². The molecule has 0 aliphatic heterocycles. The van der Waals surface area contributed by atoms with Crippen molar-refractivity contribution in [1.82, 2.24) is 14.9 Å². The van der Waals surface area contributed by atoms with Crippen LogP contribution in [0.2, 0.25) is 0 Å². The first-order chi connectivity index (χ1) is 12.5. The average molecular weight is 371 g/mol. The molecule has 2 aromatic heterocycles. The van der Waals surface area contributed by atoms with Crippen molar-refractivity contribution in [2.75, 3.05) is 0 Å². The van der Waals surface area contributed by atoms with E-state index in [-0.39, 0.29) is 17.5 Å². The van der Waals surface area contributed by atoms with Gasteiger partial charge in [0.1, 0.15) is 5.76 Å². The molecule has 26 heavy (non-hydrogen) atoms. The summed E-state index contributed by atoms with van der Waals surface area (Å²) in [6.45, 7) is 4.32. The molecule has 0 saturated heterocycles. The van der Waals surface area contributed by atoms with E-state index < -0.39 is 0 Å². The maximum Gasteiger partial charge on any atom is 0.262 e. The number of amides is 1. The molecule has 1 amide bonds. The second-order valence-electron chi connectivity index (χ2n) is 6.23. The second kappa shape index (κ2) is 7.70. The molecule has 2 N–H and O–H groups in total. The molecule has 0 bridgehead atoms.